The molecule has 27 heavy (non-hydrogen) atoms. The number of aromatic nitrogens is 1. The minimum absolute atomic E-state index is 0.244. The van der Waals surface area contributed by atoms with E-state index in [0.29, 0.717) is 17.4 Å². The van der Waals surface area contributed by atoms with Gasteiger partial charge >= 0.3 is 6.03 Å². The number of unbranched alkanes of at least 4 members (excludes halogenated alkanes) is 5. The van der Waals surface area contributed by atoms with Gasteiger partial charge in [0.05, 0.1) is 0 Å². The fourth-order valence-electron chi connectivity index (χ4n) is 2.43. The summed E-state index contributed by atoms with van der Waals surface area (Å²) in [6.07, 6.45) is 6.97. The van der Waals surface area contributed by atoms with Gasteiger partial charge in [0.25, 0.3) is 5.91 Å². The van der Waals surface area contributed by atoms with Crippen LogP contribution in [0.4, 0.5) is 20.0 Å². The van der Waals surface area contributed by atoms with Crippen LogP contribution in [0, 0.1) is 5.82 Å². The maximum Gasteiger partial charge on any atom is 0.325 e. The Labute approximate surface area is 162 Å². The number of amides is 3. The van der Waals surface area contributed by atoms with Crippen molar-refractivity contribution >= 4 is 34.1 Å². The number of hydrogen-bond acceptors (Lipinski definition) is 4. The van der Waals surface area contributed by atoms with Crippen LogP contribution in [-0.2, 0) is 0 Å². The molecule has 146 valence electrons. The smallest absolute Gasteiger partial charge is 0.325 e. The maximum atomic E-state index is 12.9. The van der Waals surface area contributed by atoms with Gasteiger partial charge in [-0.15, -0.1) is 11.3 Å². The topological polar surface area (TPSA) is 83.1 Å². The van der Waals surface area contributed by atoms with E-state index in [-0.39, 0.29) is 17.4 Å². The van der Waals surface area contributed by atoms with Gasteiger partial charge in [-0.2, -0.15) is 0 Å². The summed E-state index contributed by atoms with van der Waals surface area (Å²) in [4.78, 5) is 28.1. The molecule has 6 nitrogen and oxygen atoms in total. The van der Waals surface area contributed by atoms with E-state index in [1.807, 2.05) is 0 Å². The number of rotatable bonds is 10. The highest BCUT2D eigenvalue weighted by atomic mass is 32.1. The van der Waals surface area contributed by atoms with E-state index >= 15 is 0 Å². The molecule has 0 saturated carbocycles. The number of nitrogens with zero attached hydrogens (tertiary/aromatic N) is 1. The zero-order chi connectivity index (χ0) is 19.5. The summed E-state index contributed by atoms with van der Waals surface area (Å²) in [5.41, 5.74) is 0.741. The van der Waals surface area contributed by atoms with Crippen molar-refractivity contribution in [2.24, 2.45) is 0 Å². The van der Waals surface area contributed by atoms with Gasteiger partial charge in [-0.1, -0.05) is 39.0 Å². The lowest BCUT2D eigenvalue weighted by atomic mass is 10.1. The van der Waals surface area contributed by atoms with Crippen molar-refractivity contribution in [2.45, 2.75) is 45.4 Å². The molecule has 3 amide bonds. The number of hydrogen-bond donors (Lipinski definition) is 3. The Morgan fingerprint density at radius 1 is 1.04 bits per heavy atom. The van der Waals surface area contributed by atoms with E-state index in [2.05, 4.69) is 27.9 Å². The second-order valence-corrected chi connectivity index (χ2v) is 7.01. The van der Waals surface area contributed by atoms with Gasteiger partial charge in [0.15, 0.2) is 5.13 Å². The lowest BCUT2D eigenvalue weighted by Gasteiger charge is -2.05. The molecule has 0 bridgehead atoms. The monoisotopic (exact) mass is 392 g/mol. The average molecular weight is 393 g/mol. The number of anilines is 2. The number of halogens is 1. The Balaban J connectivity index is 1.70. The van der Waals surface area contributed by atoms with Gasteiger partial charge in [0, 0.05) is 17.6 Å². The highest BCUT2D eigenvalue weighted by molar-refractivity contribution is 7.14. The summed E-state index contributed by atoms with van der Waals surface area (Å²) in [6.45, 7) is 2.81. The number of carbonyl (C=O) groups is 2. The molecule has 0 saturated heterocycles. The van der Waals surface area contributed by atoms with Crippen molar-refractivity contribution in [1.29, 1.82) is 0 Å². The first-order valence-electron chi connectivity index (χ1n) is 9.15. The Morgan fingerprint density at radius 3 is 2.48 bits per heavy atom. The number of carbonyl (C=O) groups excluding carboxylic acids is 2. The summed E-state index contributed by atoms with van der Waals surface area (Å²) >= 11 is 1.17. The van der Waals surface area contributed by atoms with Crippen molar-refractivity contribution in [2.75, 3.05) is 17.2 Å². The molecule has 0 aliphatic carbocycles. The Kier molecular flexibility index (Phi) is 8.70. The first-order valence-corrected chi connectivity index (χ1v) is 10.0. The van der Waals surface area contributed by atoms with Crippen molar-refractivity contribution < 1.29 is 14.0 Å². The van der Waals surface area contributed by atoms with Crippen LogP contribution >= 0.6 is 11.3 Å². The normalized spacial score (nSPS) is 10.4. The molecule has 1 aromatic heterocycles. The lowest BCUT2D eigenvalue weighted by molar-refractivity contribution is 0.0948. The van der Waals surface area contributed by atoms with Crippen molar-refractivity contribution in [3.63, 3.8) is 0 Å². The fourth-order valence-corrected chi connectivity index (χ4v) is 3.11. The van der Waals surface area contributed by atoms with Crippen LogP contribution in [0.1, 0.15) is 55.9 Å². The van der Waals surface area contributed by atoms with E-state index in [9.17, 15) is 14.0 Å². The maximum absolute atomic E-state index is 12.9. The van der Waals surface area contributed by atoms with Crippen molar-refractivity contribution in [3.8, 4) is 0 Å². The number of nitrogens with one attached hydrogen (secondary N) is 3. The SMILES string of the molecule is CCCCCCCCNC(=O)c1csc(NC(=O)Nc2ccc(F)cc2)n1. The molecule has 1 heterocycles. The first-order chi connectivity index (χ1) is 13.1. The number of benzene rings is 1. The van der Waals surface area contributed by atoms with Crippen molar-refractivity contribution in [1.82, 2.24) is 10.3 Å². The van der Waals surface area contributed by atoms with Crippen LogP contribution in [0.5, 0.6) is 0 Å². The largest absolute Gasteiger partial charge is 0.351 e. The van der Waals surface area contributed by atoms with Crippen LogP contribution in [-0.4, -0.2) is 23.5 Å². The van der Waals surface area contributed by atoms with Gasteiger partial charge in [-0.05, 0) is 30.7 Å². The average Bonchev–Trinajstić information content (AvgIpc) is 3.11. The van der Waals surface area contributed by atoms with Gasteiger partial charge in [0.1, 0.15) is 11.5 Å². The van der Waals surface area contributed by atoms with Crippen LogP contribution in [0.25, 0.3) is 0 Å². The molecular weight excluding hydrogens is 367 g/mol. The van der Waals surface area contributed by atoms with Crippen molar-refractivity contribution in [3.05, 3.63) is 41.2 Å². The predicted molar refractivity (Wildman–Crippen MR) is 107 cm³/mol. The second-order valence-electron chi connectivity index (χ2n) is 6.15. The summed E-state index contributed by atoms with van der Waals surface area (Å²) in [5, 5.41) is 9.89. The molecule has 0 fully saturated rings. The highest BCUT2D eigenvalue weighted by Crippen LogP contribution is 2.16. The molecule has 1 aromatic carbocycles. The van der Waals surface area contributed by atoms with Gasteiger partial charge in [-0.3, -0.25) is 10.1 Å². The van der Waals surface area contributed by atoms with Crippen LogP contribution in [0.3, 0.4) is 0 Å². The molecule has 8 heteroatoms. The number of urea groups is 1. The highest BCUT2D eigenvalue weighted by Gasteiger charge is 2.12. The second kappa shape index (κ2) is 11.3. The van der Waals surface area contributed by atoms with Crippen LogP contribution < -0.4 is 16.0 Å². The molecule has 0 spiro atoms. The predicted octanol–water partition coefficient (Wildman–Crippen LogP) is 5.02. The number of thiazole rings is 1. The summed E-state index contributed by atoms with van der Waals surface area (Å²) in [5.74, 6) is -0.621. The van der Waals surface area contributed by atoms with E-state index in [4.69, 9.17) is 0 Å². The van der Waals surface area contributed by atoms with E-state index in [1.165, 1.54) is 61.3 Å². The first kappa shape index (κ1) is 20.8. The van der Waals surface area contributed by atoms with Crippen LogP contribution in [0.2, 0.25) is 0 Å². The molecule has 2 rings (SSSR count). The van der Waals surface area contributed by atoms with Gasteiger partial charge < -0.3 is 10.6 Å². The summed E-state index contributed by atoms with van der Waals surface area (Å²) in [7, 11) is 0. The third-order valence-electron chi connectivity index (χ3n) is 3.88. The van der Waals surface area contributed by atoms with Crippen LogP contribution in [0.15, 0.2) is 29.6 Å². The molecule has 0 aliphatic rings. The van der Waals surface area contributed by atoms with E-state index in [0.717, 1.165) is 12.8 Å². The molecule has 0 unspecified atom stereocenters. The molecule has 0 radical (unpaired) electrons. The fraction of sp³-hybridized carbons (Fsp3) is 0.421. The minimum atomic E-state index is -0.505. The zero-order valence-electron chi connectivity index (χ0n) is 15.4. The van der Waals surface area contributed by atoms with Gasteiger partial charge in [-0.25, -0.2) is 14.2 Å². The quantitative estimate of drug-likeness (QED) is 0.497. The lowest BCUT2D eigenvalue weighted by Crippen LogP contribution is -2.25. The third-order valence-corrected chi connectivity index (χ3v) is 4.63. The molecule has 0 atom stereocenters. The molecular formula is C19H25FN4O2S. The Bertz CT molecular complexity index is 734. The van der Waals surface area contributed by atoms with E-state index in [1.54, 1.807) is 5.38 Å². The molecule has 0 aliphatic heterocycles. The van der Waals surface area contributed by atoms with E-state index < -0.39 is 6.03 Å². The Morgan fingerprint density at radius 2 is 1.74 bits per heavy atom. The minimum Gasteiger partial charge on any atom is -0.351 e. The summed E-state index contributed by atoms with van der Waals surface area (Å²) in [6, 6.07) is 4.92. The standard InChI is InChI=1S/C19H25FN4O2S/c1-2-3-4-5-6-7-12-21-17(25)16-13-27-19(23-16)24-18(26)22-15-10-8-14(20)9-11-15/h8-11,13H,2-7,12H2,1H3,(H,21,25)(H2,22,23,24,26). The van der Waals surface area contributed by atoms with Gasteiger partial charge in [0.2, 0.25) is 0 Å². The Hall–Kier alpha value is -2.48. The third kappa shape index (κ3) is 7.74. The molecule has 3 N–H and O–H groups in total. The molecule has 2 aromatic rings. The zero-order valence-corrected chi connectivity index (χ0v) is 16.2. The summed E-state index contributed by atoms with van der Waals surface area (Å²) < 4.78 is 12.9.